The zero-order valence-corrected chi connectivity index (χ0v) is 19.6. The van der Waals surface area contributed by atoms with Crippen LogP contribution in [0.3, 0.4) is 0 Å². The maximum absolute atomic E-state index is 13.4. The quantitative estimate of drug-likeness (QED) is 0.427. The number of aromatic hydroxyl groups is 1. The molecule has 186 valence electrons. The van der Waals surface area contributed by atoms with Crippen molar-refractivity contribution in [3.8, 4) is 5.75 Å². The molecule has 5 N–H and O–H groups in total. The number of nitrogens with zero attached hydrogens (tertiary/aromatic N) is 2. The van der Waals surface area contributed by atoms with E-state index in [1.54, 1.807) is 12.1 Å². The van der Waals surface area contributed by atoms with Crippen molar-refractivity contribution in [3.63, 3.8) is 0 Å². The summed E-state index contributed by atoms with van der Waals surface area (Å²) in [5, 5.41) is 21.6. The maximum Gasteiger partial charge on any atom is 0.326 e. The number of aliphatic carboxylic acids is 1. The predicted octanol–water partition coefficient (Wildman–Crippen LogP) is 0.469. The molecule has 4 unspecified atom stereocenters. The van der Waals surface area contributed by atoms with E-state index < -0.39 is 36.0 Å². The molecule has 2 fully saturated rings. The molecule has 0 spiro atoms. The van der Waals surface area contributed by atoms with Crippen LogP contribution in [0.2, 0.25) is 0 Å². The van der Waals surface area contributed by atoms with Crippen LogP contribution < -0.4 is 11.1 Å². The van der Waals surface area contributed by atoms with Crippen LogP contribution in [0.4, 0.5) is 0 Å². The van der Waals surface area contributed by atoms with Gasteiger partial charge in [0.1, 0.15) is 23.9 Å². The number of hydrogen-bond donors (Lipinski definition) is 4. The van der Waals surface area contributed by atoms with Gasteiger partial charge in [-0.25, -0.2) is 4.79 Å². The lowest BCUT2D eigenvalue weighted by molar-refractivity contribution is -0.148. The summed E-state index contributed by atoms with van der Waals surface area (Å²) in [5.41, 5.74) is 6.68. The molecule has 2 saturated heterocycles. The summed E-state index contributed by atoms with van der Waals surface area (Å²) in [6, 6.07) is 2.78. The van der Waals surface area contributed by atoms with E-state index in [1.807, 2.05) is 13.8 Å². The monoisotopic (exact) mass is 474 g/mol. The fourth-order valence-corrected chi connectivity index (χ4v) is 4.59. The lowest BCUT2D eigenvalue weighted by Crippen LogP contribution is -2.57. The Bertz CT molecular complexity index is 919. The third-order valence-electron chi connectivity index (χ3n) is 6.65. The molecule has 0 radical (unpaired) electrons. The number of carbonyl (C=O) groups is 4. The van der Waals surface area contributed by atoms with Crippen LogP contribution in [0, 0.1) is 5.92 Å². The number of carbonyl (C=O) groups excluding carboxylic acids is 3. The van der Waals surface area contributed by atoms with Gasteiger partial charge >= 0.3 is 5.97 Å². The van der Waals surface area contributed by atoms with Gasteiger partial charge in [0.05, 0.1) is 6.04 Å². The summed E-state index contributed by atoms with van der Waals surface area (Å²) in [7, 11) is 0. The van der Waals surface area contributed by atoms with Gasteiger partial charge in [0.25, 0.3) is 0 Å². The van der Waals surface area contributed by atoms with Gasteiger partial charge in [0.15, 0.2) is 0 Å². The molecular formula is C24H34N4O6. The molecule has 2 heterocycles. The fraction of sp³-hybridized carbons (Fsp3) is 0.583. The molecular weight excluding hydrogens is 440 g/mol. The van der Waals surface area contributed by atoms with E-state index in [1.165, 1.54) is 21.9 Å². The Labute approximate surface area is 199 Å². The summed E-state index contributed by atoms with van der Waals surface area (Å²) >= 11 is 0. The Morgan fingerprint density at radius 1 is 1.03 bits per heavy atom. The molecule has 0 saturated carbocycles. The minimum atomic E-state index is -1.19. The van der Waals surface area contributed by atoms with Gasteiger partial charge in [0, 0.05) is 19.5 Å². The topological polar surface area (TPSA) is 153 Å². The lowest BCUT2D eigenvalue weighted by atomic mass is 10.0. The number of benzene rings is 1. The van der Waals surface area contributed by atoms with E-state index in [0.717, 1.165) is 0 Å². The van der Waals surface area contributed by atoms with Crippen molar-refractivity contribution in [2.24, 2.45) is 11.7 Å². The molecule has 3 rings (SSSR count). The van der Waals surface area contributed by atoms with Crippen LogP contribution in [-0.4, -0.2) is 81.0 Å². The number of carboxylic acid groups (broad SMARTS) is 1. The molecule has 0 aromatic heterocycles. The number of phenolic OH excluding ortho intramolecular Hbond substituents is 1. The van der Waals surface area contributed by atoms with E-state index >= 15 is 0 Å². The second-order valence-corrected chi connectivity index (χ2v) is 9.42. The lowest BCUT2D eigenvalue weighted by Gasteiger charge is -2.33. The molecule has 34 heavy (non-hydrogen) atoms. The van der Waals surface area contributed by atoms with Crippen LogP contribution in [0.5, 0.6) is 5.75 Å². The SMILES string of the molecule is CC(C)C(N)C(=O)N1CCCC1C(=O)N1CCCC1C(=O)NC(Cc1ccc(O)cc1)C(=O)O. The van der Waals surface area contributed by atoms with E-state index in [-0.39, 0.29) is 29.9 Å². The first-order valence-corrected chi connectivity index (χ1v) is 11.8. The van der Waals surface area contributed by atoms with Crippen LogP contribution >= 0.6 is 0 Å². The molecule has 4 atom stereocenters. The standard InChI is InChI=1S/C24H34N4O6/c1-14(2)20(25)23(32)28-12-4-6-19(28)22(31)27-11-3-5-18(27)21(30)26-17(24(33)34)13-15-7-9-16(29)10-8-15/h7-10,14,17-20,29H,3-6,11-13,25H2,1-2H3,(H,26,30)(H,33,34). The molecule has 2 aliphatic heterocycles. The maximum atomic E-state index is 13.4. The first kappa shape index (κ1) is 25.5. The van der Waals surface area contributed by atoms with E-state index in [9.17, 15) is 29.4 Å². The number of nitrogens with one attached hydrogen (secondary N) is 1. The zero-order valence-electron chi connectivity index (χ0n) is 19.6. The average molecular weight is 475 g/mol. The van der Waals surface area contributed by atoms with Crippen molar-refractivity contribution in [2.75, 3.05) is 13.1 Å². The largest absolute Gasteiger partial charge is 0.508 e. The molecule has 1 aromatic rings. The number of nitrogens with two attached hydrogens (primary N) is 1. The molecule has 0 bridgehead atoms. The molecule has 3 amide bonds. The molecule has 1 aromatic carbocycles. The van der Waals surface area contributed by atoms with Crippen molar-refractivity contribution >= 4 is 23.7 Å². The second kappa shape index (κ2) is 10.9. The highest BCUT2D eigenvalue weighted by atomic mass is 16.4. The first-order chi connectivity index (χ1) is 16.1. The van der Waals surface area contributed by atoms with Gasteiger partial charge in [0.2, 0.25) is 17.7 Å². The summed E-state index contributed by atoms with van der Waals surface area (Å²) in [6.45, 7) is 4.54. The minimum Gasteiger partial charge on any atom is -0.508 e. The smallest absolute Gasteiger partial charge is 0.326 e. The summed E-state index contributed by atoms with van der Waals surface area (Å²) in [4.78, 5) is 54.0. The Kier molecular flexibility index (Phi) is 8.14. The highest BCUT2D eigenvalue weighted by Crippen LogP contribution is 2.26. The molecule has 0 aliphatic carbocycles. The highest BCUT2D eigenvalue weighted by molar-refractivity contribution is 5.95. The Hall–Kier alpha value is -3.14. The van der Waals surface area contributed by atoms with E-state index in [0.29, 0.717) is 44.3 Å². The third-order valence-corrected chi connectivity index (χ3v) is 6.65. The summed E-state index contributed by atoms with van der Waals surface area (Å²) in [6.07, 6.45) is 2.28. The van der Waals surface area contributed by atoms with Gasteiger partial charge in [-0.05, 0) is 49.3 Å². The fourth-order valence-electron chi connectivity index (χ4n) is 4.59. The van der Waals surface area contributed by atoms with E-state index in [2.05, 4.69) is 5.32 Å². The number of amides is 3. The van der Waals surface area contributed by atoms with Crippen LogP contribution in [0.25, 0.3) is 0 Å². The Morgan fingerprint density at radius 2 is 1.62 bits per heavy atom. The first-order valence-electron chi connectivity index (χ1n) is 11.8. The molecule has 2 aliphatic rings. The Balaban J connectivity index is 1.68. The van der Waals surface area contributed by atoms with Crippen molar-refractivity contribution < 1.29 is 29.4 Å². The summed E-state index contributed by atoms with van der Waals surface area (Å²) < 4.78 is 0. The second-order valence-electron chi connectivity index (χ2n) is 9.42. The third kappa shape index (κ3) is 5.67. The van der Waals surface area contributed by atoms with Crippen molar-refractivity contribution in [3.05, 3.63) is 29.8 Å². The van der Waals surface area contributed by atoms with Gasteiger partial charge in [-0.15, -0.1) is 0 Å². The Morgan fingerprint density at radius 3 is 2.21 bits per heavy atom. The van der Waals surface area contributed by atoms with Gasteiger partial charge in [-0.1, -0.05) is 26.0 Å². The average Bonchev–Trinajstić information content (AvgIpc) is 3.48. The van der Waals surface area contributed by atoms with Gasteiger partial charge < -0.3 is 31.1 Å². The predicted molar refractivity (Wildman–Crippen MR) is 124 cm³/mol. The summed E-state index contributed by atoms with van der Waals surface area (Å²) in [5.74, 6) is -2.25. The number of phenols is 1. The molecule has 10 nitrogen and oxygen atoms in total. The van der Waals surface area contributed by atoms with Crippen LogP contribution in [0.1, 0.15) is 45.1 Å². The molecule has 10 heteroatoms. The number of hydrogen-bond acceptors (Lipinski definition) is 6. The zero-order chi connectivity index (χ0) is 25.0. The normalized spacial score (nSPS) is 22.0. The van der Waals surface area contributed by atoms with E-state index in [4.69, 9.17) is 5.73 Å². The number of likely N-dealkylation sites (tertiary alicyclic amines) is 2. The minimum absolute atomic E-state index is 0.0417. The van der Waals surface area contributed by atoms with Crippen LogP contribution in [-0.2, 0) is 25.6 Å². The van der Waals surface area contributed by atoms with Crippen molar-refractivity contribution in [2.45, 2.75) is 70.1 Å². The number of rotatable bonds is 8. The van der Waals surface area contributed by atoms with Crippen molar-refractivity contribution in [1.29, 1.82) is 0 Å². The van der Waals surface area contributed by atoms with Gasteiger partial charge in [-0.2, -0.15) is 0 Å². The highest BCUT2D eigenvalue weighted by Gasteiger charge is 2.43. The number of carboxylic acids is 1. The van der Waals surface area contributed by atoms with Crippen LogP contribution in [0.15, 0.2) is 24.3 Å². The van der Waals surface area contributed by atoms with Crippen molar-refractivity contribution in [1.82, 2.24) is 15.1 Å². The van der Waals surface area contributed by atoms with Gasteiger partial charge in [-0.3, -0.25) is 14.4 Å².